The third-order valence-electron chi connectivity index (χ3n) is 1.64. The van der Waals surface area contributed by atoms with Crippen molar-refractivity contribution < 1.29 is 0 Å². The van der Waals surface area contributed by atoms with Gasteiger partial charge in [-0.2, -0.15) is 12.6 Å². The summed E-state index contributed by atoms with van der Waals surface area (Å²) >= 11 is 4.21. The summed E-state index contributed by atoms with van der Waals surface area (Å²) in [6.07, 6.45) is 7.94. The summed E-state index contributed by atoms with van der Waals surface area (Å²) in [6, 6.07) is 0. The van der Waals surface area contributed by atoms with Crippen LogP contribution in [0.25, 0.3) is 0 Å². The molecule has 0 bridgehead atoms. The number of unbranched alkanes of at least 4 members (excludes halogenated alkanes) is 4. The Balaban J connectivity index is 2.77. The minimum Gasteiger partial charge on any atom is -0.176 e. The van der Waals surface area contributed by atoms with Gasteiger partial charge in [0.2, 0.25) is 0 Å². The summed E-state index contributed by atoms with van der Waals surface area (Å²) in [5.74, 6) is 0. The van der Waals surface area contributed by atoms with Crippen molar-refractivity contribution in [1.29, 1.82) is 0 Å². The highest BCUT2D eigenvalue weighted by Gasteiger charge is 1.93. The molecule has 0 amide bonds. The van der Waals surface area contributed by atoms with Crippen molar-refractivity contribution >= 4 is 12.6 Å². The zero-order valence-corrected chi connectivity index (χ0v) is 7.87. The van der Waals surface area contributed by atoms with Crippen molar-refractivity contribution in [3.8, 4) is 0 Å². The van der Waals surface area contributed by atoms with Crippen LogP contribution in [0.1, 0.15) is 45.4 Å². The van der Waals surface area contributed by atoms with Gasteiger partial charge in [0.1, 0.15) is 0 Å². The van der Waals surface area contributed by atoms with Gasteiger partial charge in [0.25, 0.3) is 0 Å². The van der Waals surface area contributed by atoms with E-state index in [4.69, 9.17) is 0 Å². The summed E-state index contributed by atoms with van der Waals surface area (Å²) in [6.45, 7) is 6.06. The molecule has 0 saturated heterocycles. The molecule has 0 aromatic rings. The zero-order chi connectivity index (χ0) is 7.82. The van der Waals surface area contributed by atoms with Crippen LogP contribution in [-0.2, 0) is 0 Å². The van der Waals surface area contributed by atoms with Crippen LogP contribution in [0.15, 0.2) is 0 Å². The first kappa shape index (κ1) is 10.3. The first-order chi connectivity index (χ1) is 4.77. The van der Waals surface area contributed by atoms with Crippen LogP contribution in [0.2, 0.25) is 0 Å². The predicted octanol–water partition coefficient (Wildman–Crippen LogP) is 3.48. The minimum atomic E-state index is 0.349. The van der Waals surface area contributed by atoms with Crippen LogP contribution in [0.4, 0.5) is 0 Å². The van der Waals surface area contributed by atoms with Crippen molar-refractivity contribution in [2.75, 3.05) is 0 Å². The summed E-state index contributed by atoms with van der Waals surface area (Å²) in [5, 5.41) is 0.349. The molecule has 0 aromatic heterocycles. The SMILES string of the molecule is [CH2]C(S)CCCCCCC. The van der Waals surface area contributed by atoms with Crippen LogP contribution in [0.5, 0.6) is 0 Å². The Morgan fingerprint density at radius 2 is 1.80 bits per heavy atom. The van der Waals surface area contributed by atoms with E-state index in [0.29, 0.717) is 5.25 Å². The van der Waals surface area contributed by atoms with Gasteiger partial charge in [-0.05, 0) is 13.3 Å². The van der Waals surface area contributed by atoms with E-state index in [2.05, 4.69) is 26.5 Å². The van der Waals surface area contributed by atoms with Crippen molar-refractivity contribution in [3.05, 3.63) is 6.92 Å². The second-order valence-electron chi connectivity index (χ2n) is 2.86. The molecule has 0 aliphatic heterocycles. The normalized spacial score (nSPS) is 13.5. The Labute approximate surface area is 70.8 Å². The first-order valence-electron chi connectivity index (χ1n) is 4.28. The molecule has 0 N–H and O–H groups in total. The van der Waals surface area contributed by atoms with Gasteiger partial charge >= 0.3 is 0 Å². The molecule has 0 rings (SSSR count). The van der Waals surface area contributed by atoms with Gasteiger partial charge in [0.05, 0.1) is 0 Å². The van der Waals surface area contributed by atoms with Crippen molar-refractivity contribution in [2.24, 2.45) is 0 Å². The lowest BCUT2D eigenvalue weighted by molar-refractivity contribution is 0.615. The van der Waals surface area contributed by atoms with Gasteiger partial charge in [0.15, 0.2) is 0 Å². The van der Waals surface area contributed by atoms with E-state index in [1.807, 2.05) is 0 Å². The zero-order valence-electron chi connectivity index (χ0n) is 6.97. The highest BCUT2D eigenvalue weighted by molar-refractivity contribution is 7.81. The Morgan fingerprint density at radius 3 is 2.30 bits per heavy atom. The lowest BCUT2D eigenvalue weighted by Crippen LogP contribution is -1.90. The minimum absolute atomic E-state index is 0.349. The van der Waals surface area contributed by atoms with E-state index in [9.17, 15) is 0 Å². The summed E-state index contributed by atoms with van der Waals surface area (Å²) in [4.78, 5) is 0. The maximum absolute atomic E-state index is 4.21. The highest BCUT2D eigenvalue weighted by atomic mass is 32.1. The molecule has 0 fully saturated rings. The van der Waals surface area contributed by atoms with Gasteiger partial charge in [0, 0.05) is 5.25 Å². The molecular weight excluding hydrogens is 140 g/mol. The van der Waals surface area contributed by atoms with Crippen LogP contribution < -0.4 is 0 Å². The number of hydrogen-bond donors (Lipinski definition) is 1. The first-order valence-corrected chi connectivity index (χ1v) is 4.80. The second-order valence-corrected chi connectivity index (χ2v) is 3.59. The molecule has 0 nitrogen and oxygen atoms in total. The van der Waals surface area contributed by atoms with Crippen molar-refractivity contribution in [2.45, 2.75) is 50.7 Å². The van der Waals surface area contributed by atoms with Crippen LogP contribution in [0.3, 0.4) is 0 Å². The second kappa shape index (κ2) is 7.46. The molecule has 0 aromatic carbocycles. The molecule has 1 atom stereocenters. The van der Waals surface area contributed by atoms with E-state index >= 15 is 0 Å². The van der Waals surface area contributed by atoms with Crippen molar-refractivity contribution in [3.63, 3.8) is 0 Å². The van der Waals surface area contributed by atoms with Crippen molar-refractivity contribution in [1.82, 2.24) is 0 Å². The molecule has 0 aliphatic carbocycles. The quantitative estimate of drug-likeness (QED) is 0.445. The standard InChI is InChI=1S/C9H19S/c1-3-4-5-6-7-8-9(2)10/h9-10H,2-8H2,1H3. The van der Waals surface area contributed by atoms with Gasteiger partial charge in [-0.3, -0.25) is 0 Å². The molecule has 0 spiro atoms. The average Bonchev–Trinajstić information content (AvgIpc) is 1.87. The topological polar surface area (TPSA) is 0 Å². The van der Waals surface area contributed by atoms with Gasteiger partial charge in [-0.25, -0.2) is 0 Å². The van der Waals surface area contributed by atoms with E-state index in [1.165, 1.54) is 38.5 Å². The summed E-state index contributed by atoms with van der Waals surface area (Å²) in [7, 11) is 0. The van der Waals surface area contributed by atoms with E-state index < -0.39 is 0 Å². The maximum atomic E-state index is 4.21. The monoisotopic (exact) mass is 159 g/mol. The fourth-order valence-corrected chi connectivity index (χ4v) is 1.17. The summed E-state index contributed by atoms with van der Waals surface area (Å²) in [5.41, 5.74) is 0. The summed E-state index contributed by atoms with van der Waals surface area (Å²) < 4.78 is 0. The van der Waals surface area contributed by atoms with Gasteiger partial charge in [-0.1, -0.05) is 39.0 Å². The fourth-order valence-electron chi connectivity index (χ4n) is 0.984. The average molecular weight is 159 g/mol. The predicted molar refractivity (Wildman–Crippen MR) is 51.5 cm³/mol. The van der Waals surface area contributed by atoms with E-state index in [0.717, 1.165) is 0 Å². The smallest absolute Gasteiger partial charge is 0.00172 e. The Morgan fingerprint density at radius 1 is 1.20 bits per heavy atom. The molecule has 1 heteroatoms. The number of rotatable bonds is 6. The van der Waals surface area contributed by atoms with Crippen LogP contribution in [0, 0.1) is 6.92 Å². The molecule has 10 heavy (non-hydrogen) atoms. The Hall–Kier alpha value is 0.350. The molecule has 1 radical (unpaired) electrons. The van der Waals surface area contributed by atoms with Crippen LogP contribution >= 0.6 is 12.6 Å². The third kappa shape index (κ3) is 8.35. The Kier molecular flexibility index (Phi) is 7.72. The highest BCUT2D eigenvalue weighted by Crippen LogP contribution is 2.09. The molecule has 1 unspecified atom stereocenters. The largest absolute Gasteiger partial charge is 0.176 e. The Bertz CT molecular complexity index is 59.7. The molecular formula is C9H19S. The van der Waals surface area contributed by atoms with E-state index in [-0.39, 0.29) is 0 Å². The van der Waals surface area contributed by atoms with Gasteiger partial charge in [-0.15, -0.1) is 0 Å². The molecule has 0 saturated carbocycles. The van der Waals surface area contributed by atoms with E-state index in [1.54, 1.807) is 0 Å². The molecule has 0 heterocycles. The molecule has 61 valence electrons. The molecule has 0 aliphatic rings. The number of thiol groups is 1. The fraction of sp³-hybridized carbons (Fsp3) is 0.889. The lowest BCUT2D eigenvalue weighted by Gasteiger charge is -2.01. The van der Waals surface area contributed by atoms with Gasteiger partial charge < -0.3 is 0 Å². The van der Waals surface area contributed by atoms with Crippen LogP contribution in [-0.4, -0.2) is 5.25 Å². The number of hydrogen-bond acceptors (Lipinski definition) is 1. The third-order valence-corrected chi connectivity index (χ3v) is 1.90. The maximum Gasteiger partial charge on any atom is 0.00172 e. The lowest BCUT2D eigenvalue weighted by atomic mass is 10.1.